The van der Waals surface area contributed by atoms with Gasteiger partial charge < -0.3 is 15.0 Å². The summed E-state index contributed by atoms with van der Waals surface area (Å²) in [6.07, 6.45) is 2.31. The van der Waals surface area contributed by atoms with E-state index in [-0.39, 0.29) is 0 Å². The first-order valence-corrected chi connectivity index (χ1v) is 9.51. The Kier molecular flexibility index (Phi) is 5.24. The molecule has 0 bridgehead atoms. The lowest BCUT2D eigenvalue weighted by molar-refractivity contribution is -0.117. The summed E-state index contributed by atoms with van der Waals surface area (Å²) in [5.74, 6) is -0.427. The van der Waals surface area contributed by atoms with Gasteiger partial charge in [-0.2, -0.15) is 0 Å². The van der Waals surface area contributed by atoms with Gasteiger partial charge in [0.15, 0.2) is 0 Å². The van der Waals surface area contributed by atoms with Crippen molar-refractivity contribution < 1.29 is 14.3 Å². The minimum absolute atomic E-state index is 0.351. The lowest BCUT2D eigenvalue weighted by Gasteiger charge is -2.09. The Bertz CT molecular complexity index is 1190. The fourth-order valence-electron chi connectivity index (χ4n) is 3.41. The van der Waals surface area contributed by atoms with Crippen LogP contribution in [0.25, 0.3) is 21.8 Å². The predicted molar refractivity (Wildman–Crippen MR) is 112 cm³/mol. The maximum Gasteiger partial charge on any atom is 0.292 e. The molecule has 0 aliphatic heterocycles. The van der Waals surface area contributed by atoms with Crippen molar-refractivity contribution in [3.05, 3.63) is 72.1 Å². The molecule has 0 spiro atoms. The zero-order valence-electron chi connectivity index (χ0n) is 16.1. The lowest BCUT2D eigenvalue weighted by atomic mass is 10.1. The number of hydrogen-bond acceptors (Lipinski definition) is 4. The molecule has 4 rings (SSSR count). The number of para-hydroxylation sites is 2. The number of ether oxygens (including phenoxy) is 1. The summed E-state index contributed by atoms with van der Waals surface area (Å²) < 4.78 is 5.81. The highest BCUT2D eigenvalue weighted by Crippen LogP contribution is 2.23. The van der Waals surface area contributed by atoms with Crippen LogP contribution in [0.3, 0.4) is 0 Å². The van der Waals surface area contributed by atoms with Crippen LogP contribution < -0.4 is 10.1 Å². The summed E-state index contributed by atoms with van der Waals surface area (Å²) in [7, 11) is 0. The highest BCUT2D eigenvalue weighted by molar-refractivity contribution is 6.45. The molecule has 4 aromatic rings. The molecule has 6 heteroatoms. The largest absolute Gasteiger partial charge is 0.491 e. The van der Waals surface area contributed by atoms with Crippen molar-refractivity contribution in [3.63, 3.8) is 0 Å². The molecule has 1 amide bonds. The molecule has 2 aromatic carbocycles. The SMILES string of the molecule is Cc1[nH]c2ccccc2c1C(=O)C(=O)NCCCOc1cccc2cccnc12. The first-order chi connectivity index (χ1) is 14.1. The van der Waals surface area contributed by atoms with E-state index in [1.165, 1.54) is 0 Å². The van der Waals surface area contributed by atoms with E-state index in [1.807, 2.05) is 54.6 Å². The molecule has 0 saturated carbocycles. The summed E-state index contributed by atoms with van der Waals surface area (Å²) in [6, 6.07) is 17.1. The molecule has 0 aliphatic carbocycles. The Balaban J connectivity index is 1.32. The number of hydrogen-bond donors (Lipinski definition) is 2. The van der Waals surface area contributed by atoms with Crippen LogP contribution >= 0.6 is 0 Å². The number of nitrogens with zero attached hydrogens (tertiary/aromatic N) is 1. The third kappa shape index (κ3) is 3.82. The van der Waals surface area contributed by atoms with Crippen molar-refractivity contribution >= 4 is 33.5 Å². The number of carbonyl (C=O) groups excluding carboxylic acids is 2. The zero-order chi connectivity index (χ0) is 20.2. The Morgan fingerprint density at radius 2 is 1.90 bits per heavy atom. The van der Waals surface area contributed by atoms with Gasteiger partial charge in [-0.3, -0.25) is 14.6 Å². The van der Waals surface area contributed by atoms with E-state index in [0.29, 0.717) is 36.6 Å². The van der Waals surface area contributed by atoms with Crippen LogP contribution in [0.5, 0.6) is 5.75 Å². The Morgan fingerprint density at radius 3 is 2.79 bits per heavy atom. The number of fused-ring (bicyclic) bond motifs is 2. The second-order valence-corrected chi connectivity index (χ2v) is 6.79. The number of amides is 1. The lowest BCUT2D eigenvalue weighted by Crippen LogP contribution is -2.32. The van der Waals surface area contributed by atoms with Gasteiger partial charge in [0.25, 0.3) is 11.7 Å². The molecule has 0 unspecified atom stereocenters. The second kappa shape index (κ2) is 8.14. The molecule has 0 saturated heterocycles. The van der Waals surface area contributed by atoms with E-state index in [1.54, 1.807) is 13.1 Å². The van der Waals surface area contributed by atoms with Crippen LogP contribution in [0, 0.1) is 6.92 Å². The van der Waals surface area contributed by atoms with Crippen LogP contribution in [-0.2, 0) is 4.79 Å². The number of benzene rings is 2. The summed E-state index contributed by atoms with van der Waals surface area (Å²) in [5.41, 5.74) is 2.77. The van der Waals surface area contributed by atoms with E-state index in [0.717, 1.165) is 21.8 Å². The molecule has 0 fully saturated rings. The Morgan fingerprint density at radius 1 is 1.07 bits per heavy atom. The molecule has 0 atom stereocenters. The minimum atomic E-state index is -0.607. The van der Waals surface area contributed by atoms with Crippen LogP contribution in [0.4, 0.5) is 0 Å². The van der Waals surface area contributed by atoms with Gasteiger partial charge in [0, 0.05) is 34.7 Å². The van der Waals surface area contributed by atoms with Crippen molar-refractivity contribution in [1.29, 1.82) is 0 Å². The number of pyridine rings is 1. The zero-order valence-corrected chi connectivity index (χ0v) is 16.1. The van der Waals surface area contributed by atoms with E-state index in [9.17, 15) is 9.59 Å². The van der Waals surface area contributed by atoms with Gasteiger partial charge in [-0.05, 0) is 31.5 Å². The predicted octanol–water partition coefficient (Wildman–Crippen LogP) is 3.79. The Hall–Kier alpha value is -3.67. The van der Waals surface area contributed by atoms with Gasteiger partial charge >= 0.3 is 0 Å². The Labute approximate surface area is 167 Å². The van der Waals surface area contributed by atoms with Crippen LogP contribution in [0.1, 0.15) is 22.5 Å². The number of ketones is 1. The van der Waals surface area contributed by atoms with Crippen LogP contribution in [0.15, 0.2) is 60.8 Å². The maximum absolute atomic E-state index is 12.6. The molecule has 6 nitrogen and oxygen atoms in total. The van der Waals surface area contributed by atoms with Gasteiger partial charge in [-0.1, -0.05) is 36.4 Å². The van der Waals surface area contributed by atoms with E-state index >= 15 is 0 Å². The fourth-order valence-corrected chi connectivity index (χ4v) is 3.41. The molecular weight excluding hydrogens is 366 g/mol. The number of rotatable bonds is 7. The number of aryl methyl sites for hydroxylation is 1. The van der Waals surface area contributed by atoms with Gasteiger partial charge in [0.2, 0.25) is 0 Å². The third-order valence-electron chi connectivity index (χ3n) is 4.79. The van der Waals surface area contributed by atoms with Crippen molar-refractivity contribution in [1.82, 2.24) is 15.3 Å². The van der Waals surface area contributed by atoms with E-state index < -0.39 is 11.7 Å². The number of aromatic nitrogens is 2. The highest BCUT2D eigenvalue weighted by atomic mass is 16.5. The number of Topliss-reactive ketones (excluding diaryl/α,β-unsaturated/α-hetero) is 1. The minimum Gasteiger partial charge on any atom is -0.491 e. The standard InChI is InChI=1S/C23H21N3O3/c1-15-20(17-9-2-3-10-18(17)26-15)22(27)23(28)25-13-6-14-29-19-11-4-7-16-8-5-12-24-21(16)19/h2-5,7-12,26H,6,13-14H2,1H3,(H,25,28). The van der Waals surface area contributed by atoms with E-state index in [2.05, 4.69) is 15.3 Å². The van der Waals surface area contributed by atoms with Crippen molar-refractivity contribution in [3.8, 4) is 5.75 Å². The van der Waals surface area contributed by atoms with Gasteiger partial charge in [-0.25, -0.2) is 0 Å². The molecule has 0 radical (unpaired) electrons. The van der Waals surface area contributed by atoms with E-state index in [4.69, 9.17) is 4.74 Å². The first-order valence-electron chi connectivity index (χ1n) is 9.51. The summed E-state index contributed by atoms with van der Waals surface area (Å²) in [4.78, 5) is 32.4. The molecule has 146 valence electrons. The maximum atomic E-state index is 12.6. The van der Waals surface area contributed by atoms with Crippen molar-refractivity contribution in [2.75, 3.05) is 13.2 Å². The molecular formula is C23H21N3O3. The quantitative estimate of drug-likeness (QED) is 0.287. The van der Waals surface area contributed by atoms with Crippen LogP contribution in [-0.4, -0.2) is 34.8 Å². The number of H-pyrrole nitrogens is 1. The first kappa shape index (κ1) is 18.7. The molecule has 2 heterocycles. The summed E-state index contributed by atoms with van der Waals surface area (Å²) in [6.45, 7) is 2.56. The summed E-state index contributed by atoms with van der Waals surface area (Å²) in [5, 5.41) is 4.46. The monoisotopic (exact) mass is 387 g/mol. The fraction of sp³-hybridized carbons (Fsp3) is 0.174. The van der Waals surface area contributed by atoms with Crippen LogP contribution in [0.2, 0.25) is 0 Å². The number of carbonyl (C=O) groups is 2. The highest BCUT2D eigenvalue weighted by Gasteiger charge is 2.22. The molecule has 29 heavy (non-hydrogen) atoms. The molecule has 2 aromatic heterocycles. The van der Waals surface area contributed by atoms with Crippen molar-refractivity contribution in [2.24, 2.45) is 0 Å². The normalized spacial score (nSPS) is 10.9. The summed E-state index contributed by atoms with van der Waals surface area (Å²) >= 11 is 0. The molecule has 0 aliphatic rings. The number of nitrogens with one attached hydrogen (secondary N) is 2. The smallest absolute Gasteiger partial charge is 0.292 e. The third-order valence-corrected chi connectivity index (χ3v) is 4.79. The average molecular weight is 387 g/mol. The van der Waals surface area contributed by atoms with Gasteiger partial charge in [-0.15, -0.1) is 0 Å². The van der Waals surface area contributed by atoms with Crippen molar-refractivity contribution in [2.45, 2.75) is 13.3 Å². The van der Waals surface area contributed by atoms with Gasteiger partial charge in [0.05, 0.1) is 12.2 Å². The molecule has 2 N–H and O–H groups in total. The second-order valence-electron chi connectivity index (χ2n) is 6.79. The van der Waals surface area contributed by atoms with Gasteiger partial charge in [0.1, 0.15) is 11.3 Å². The average Bonchev–Trinajstić information content (AvgIpc) is 3.08. The number of aromatic amines is 1. The topological polar surface area (TPSA) is 84.1 Å².